The molecule has 3 rings (SSSR count). The Morgan fingerprint density at radius 2 is 1.79 bits per heavy atom. The van der Waals surface area contributed by atoms with Gasteiger partial charge in [-0.2, -0.15) is 0 Å². The van der Waals surface area contributed by atoms with Crippen molar-refractivity contribution in [1.29, 1.82) is 0 Å². The molecule has 0 spiro atoms. The number of rotatable bonds is 6. The number of hydrogen-bond acceptors (Lipinski definition) is 5. The lowest BCUT2D eigenvalue weighted by atomic mass is 10.1. The molecule has 0 saturated heterocycles. The lowest BCUT2D eigenvalue weighted by Gasteiger charge is -2.11. The van der Waals surface area contributed by atoms with E-state index in [1.54, 1.807) is 36.8 Å². The molecule has 7 heteroatoms. The number of methoxy groups -OCH3 is 2. The van der Waals surface area contributed by atoms with E-state index in [9.17, 15) is 9.59 Å². The Labute approximate surface area is 167 Å². The lowest BCUT2D eigenvalue weighted by Crippen LogP contribution is -2.17. The van der Waals surface area contributed by atoms with Crippen LogP contribution in [0.5, 0.6) is 11.5 Å². The lowest BCUT2D eigenvalue weighted by molar-refractivity contribution is 0.102. The number of amides is 1. The molecule has 0 unspecified atom stereocenters. The number of carbonyl (C=O) groups is 1. The van der Waals surface area contributed by atoms with Crippen LogP contribution >= 0.6 is 11.3 Å². The fraction of sp³-hybridized carbons (Fsp3) is 0.238. The molecule has 1 amide bonds. The van der Waals surface area contributed by atoms with Crippen molar-refractivity contribution in [2.75, 3.05) is 19.5 Å². The molecule has 0 aliphatic carbocycles. The van der Waals surface area contributed by atoms with E-state index in [1.807, 2.05) is 31.2 Å². The van der Waals surface area contributed by atoms with Crippen LogP contribution in [0, 0.1) is 13.8 Å². The molecule has 3 aromatic rings. The second-order valence-electron chi connectivity index (χ2n) is 6.32. The van der Waals surface area contributed by atoms with E-state index < -0.39 is 0 Å². The van der Waals surface area contributed by atoms with Gasteiger partial charge >= 0.3 is 4.87 Å². The first-order valence-corrected chi connectivity index (χ1v) is 9.54. The Bertz CT molecular complexity index is 1070. The number of ether oxygens (including phenoxy) is 2. The summed E-state index contributed by atoms with van der Waals surface area (Å²) < 4.78 is 12.1. The molecular formula is C21H22N2O4S. The van der Waals surface area contributed by atoms with Crippen LogP contribution in [0.3, 0.4) is 0 Å². The maximum absolute atomic E-state index is 12.7. The number of hydrogen-bond donors (Lipinski definition) is 1. The Morgan fingerprint density at radius 1 is 1.07 bits per heavy atom. The third-order valence-electron chi connectivity index (χ3n) is 4.58. The average molecular weight is 398 g/mol. The van der Waals surface area contributed by atoms with Crippen LogP contribution in [0.15, 0.2) is 47.3 Å². The Kier molecular flexibility index (Phi) is 5.84. The second kappa shape index (κ2) is 8.31. The van der Waals surface area contributed by atoms with Gasteiger partial charge in [0.25, 0.3) is 5.91 Å². The largest absolute Gasteiger partial charge is 0.493 e. The molecule has 0 bridgehead atoms. The fourth-order valence-corrected chi connectivity index (χ4v) is 3.82. The first kappa shape index (κ1) is 19.7. The highest BCUT2D eigenvalue weighted by Crippen LogP contribution is 2.30. The number of aromatic nitrogens is 1. The number of nitrogens with one attached hydrogen (secondary N) is 1. The van der Waals surface area contributed by atoms with E-state index in [2.05, 4.69) is 5.32 Å². The number of nitrogens with zero attached hydrogens (tertiary/aromatic N) is 1. The van der Waals surface area contributed by atoms with Crippen molar-refractivity contribution in [2.45, 2.75) is 20.4 Å². The van der Waals surface area contributed by atoms with Crippen molar-refractivity contribution in [1.82, 2.24) is 4.57 Å². The second-order valence-corrected chi connectivity index (χ2v) is 7.28. The summed E-state index contributed by atoms with van der Waals surface area (Å²) in [6.07, 6.45) is 0. The van der Waals surface area contributed by atoms with Gasteiger partial charge in [-0.25, -0.2) is 0 Å². The first-order valence-electron chi connectivity index (χ1n) is 8.72. The molecule has 0 saturated carbocycles. The van der Waals surface area contributed by atoms with Crippen molar-refractivity contribution in [3.8, 4) is 11.5 Å². The number of thiazole rings is 1. The predicted molar refractivity (Wildman–Crippen MR) is 111 cm³/mol. The highest BCUT2D eigenvalue weighted by Gasteiger charge is 2.19. The van der Waals surface area contributed by atoms with Gasteiger partial charge in [0.05, 0.1) is 20.8 Å². The summed E-state index contributed by atoms with van der Waals surface area (Å²) in [5.41, 5.74) is 3.37. The SMILES string of the molecule is COc1ccc(NC(=O)c2sc(=O)n(Cc3ccccc3C)c2C)cc1OC. The van der Waals surface area contributed by atoms with E-state index in [1.165, 1.54) is 7.11 Å². The van der Waals surface area contributed by atoms with Gasteiger partial charge in [-0.05, 0) is 37.1 Å². The van der Waals surface area contributed by atoms with E-state index in [0.717, 1.165) is 22.5 Å². The van der Waals surface area contributed by atoms with Gasteiger partial charge in [0.15, 0.2) is 11.5 Å². The van der Waals surface area contributed by atoms with Gasteiger partial charge in [0, 0.05) is 17.4 Å². The van der Waals surface area contributed by atoms with Crippen molar-refractivity contribution in [3.05, 3.63) is 73.8 Å². The molecule has 0 fully saturated rings. The van der Waals surface area contributed by atoms with Crippen molar-refractivity contribution >= 4 is 22.9 Å². The van der Waals surface area contributed by atoms with Crippen LogP contribution in [0.4, 0.5) is 5.69 Å². The van der Waals surface area contributed by atoms with Crippen LogP contribution in [0.25, 0.3) is 0 Å². The zero-order valence-corrected chi connectivity index (χ0v) is 17.1. The normalized spacial score (nSPS) is 10.6. The highest BCUT2D eigenvalue weighted by molar-refractivity contribution is 7.11. The summed E-state index contributed by atoms with van der Waals surface area (Å²) in [7, 11) is 3.08. The minimum Gasteiger partial charge on any atom is -0.493 e. The minimum absolute atomic E-state index is 0.154. The topological polar surface area (TPSA) is 69.6 Å². The number of benzene rings is 2. The van der Waals surface area contributed by atoms with Gasteiger partial charge in [0.1, 0.15) is 4.88 Å². The van der Waals surface area contributed by atoms with Crippen molar-refractivity contribution in [2.24, 2.45) is 0 Å². The van der Waals surface area contributed by atoms with E-state index in [4.69, 9.17) is 9.47 Å². The summed E-state index contributed by atoms with van der Waals surface area (Å²) in [6, 6.07) is 13.0. The van der Waals surface area contributed by atoms with E-state index in [0.29, 0.717) is 34.3 Å². The zero-order valence-electron chi connectivity index (χ0n) is 16.2. The van der Waals surface area contributed by atoms with E-state index in [-0.39, 0.29) is 10.8 Å². The van der Waals surface area contributed by atoms with Gasteiger partial charge in [0.2, 0.25) is 0 Å². The van der Waals surface area contributed by atoms with Crippen LogP contribution in [0.2, 0.25) is 0 Å². The van der Waals surface area contributed by atoms with Crippen LogP contribution in [-0.2, 0) is 6.54 Å². The van der Waals surface area contributed by atoms with Crippen LogP contribution in [0.1, 0.15) is 26.5 Å². The standard InChI is InChI=1S/C21H22N2O4S/c1-13-7-5-6-8-15(13)12-23-14(2)19(28-21(23)25)20(24)22-16-9-10-17(26-3)18(11-16)27-4/h5-11H,12H2,1-4H3,(H,22,24). The number of carbonyl (C=O) groups excluding carboxylic acids is 1. The van der Waals surface area contributed by atoms with Crippen molar-refractivity contribution < 1.29 is 14.3 Å². The maximum atomic E-state index is 12.7. The third kappa shape index (κ3) is 3.94. The van der Waals surface area contributed by atoms with Crippen molar-refractivity contribution in [3.63, 3.8) is 0 Å². The molecule has 28 heavy (non-hydrogen) atoms. The molecule has 0 atom stereocenters. The molecular weight excluding hydrogens is 376 g/mol. The van der Waals surface area contributed by atoms with E-state index >= 15 is 0 Å². The Balaban J connectivity index is 1.85. The summed E-state index contributed by atoms with van der Waals surface area (Å²) in [6.45, 7) is 4.24. The monoisotopic (exact) mass is 398 g/mol. The minimum atomic E-state index is -0.324. The zero-order chi connectivity index (χ0) is 20.3. The Hall–Kier alpha value is -3.06. The third-order valence-corrected chi connectivity index (χ3v) is 5.66. The van der Waals surface area contributed by atoms with Crippen LogP contribution in [-0.4, -0.2) is 24.7 Å². The van der Waals surface area contributed by atoms with Gasteiger partial charge in [-0.3, -0.25) is 14.2 Å². The molecule has 1 N–H and O–H groups in total. The quantitative estimate of drug-likeness (QED) is 0.685. The first-order chi connectivity index (χ1) is 13.4. The molecule has 6 nitrogen and oxygen atoms in total. The number of aryl methyl sites for hydroxylation is 1. The summed E-state index contributed by atoms with van der Waals surface area (Å²) in [5.74, 6) is 0.767. The molecule has 2 aromatic carbocycles. The molecule has 0 radical (unpaired) electrons. The number of anilines is 1. The molecule has 1 heterocycles. The Morgan fingerprint density at radius 3 is 2.46 bits per heavy atom. The highest BCUT2D eigenvalue weighted by atomic mass is 32.1. The predicted octanol–water partition coefficient (Wildman–Crippen LogP) is 3.84. The molecule has 0 aliphatic rings. The summed E-state index contributed by atoms with van der Waals surface area (Å²) >= 11 is 0.950. The van der Waals surface area contributed by atoms with Crippen LogP contribution < -0.4 is 19.7 Å². The maximum Gasteiger partial charge on any atom is 0.308 e. The van der Waals surface area contributed by atoms with Gasteiger partial charge in [-0.1, -0.05) is 35.6 Å². The van der Waals surface area contributed by atoms with Gasteiger partial charge in [-0.15, -0.1) is 0 Å². The van der Waals surface area contributed by atoms with Gasteiger partial charge < -0.3 is 14.8 Å². The molecule has 146 valence electrons. The molecule has 0 aliphatic heterocycles. The molecule has 1 aromatic heterocycles. The average Bonchev–Trinajstić information content (AvgIpc) is 2.97. The fourth-order valence-electron chi connectivity index (χ4n) is 2.93. The summed E-state index contributed by atoms with van der Waals surface area (Å²) in [4.78, 5) is 25.5. The smallest absolute Gasteiger partial charge is 0.308 e. The summed E-state index contributed by atoms with van der Waals surface area (Å²) in [5, 5.41) is 2.82.